The molecule has 0 aliphatic rings. The second kappa shape index (κ2) is 6.03. The van der Waals surface area contributed by atoms with Crippen LogP contribution in [0, 0.1) is 0 Å². The van der Waals surface area contributed by atoms with E-state index in [1.54, 1.807) is 24.5 Å². The minimum absolute atomic E-state index is 0.294. The van der Waals surface area contributed by atoms with E-state index in [0.29, 0.717) is 5.57 Å². The van der Waals surface area contributed by atoms with Crippen LogP contribution < -0.4 is 4.74 Å². The molecule has 0 saturated carbocycles. The fraction of sp³-hybridized carbons (Fsp3) is 0.0556. The SMILES string of the molecule is COc1ccc(/C=C(\C(=O)O)c2csc3ccccc23)cc1. The number of hydrogen-bond donors (Lipinski definition) is 1. The third-order valence-corrected chi connectivity index (χ3v) is 4.39. The highest BCUT2D eigenvalue weighted by molar-refractivity contribution is 7.17. The molecule has 0 bridgehead atoms. The summed E-state index contributed by atoms with van der Waals surface area (Å²) < 4.78 is 6.20. The van der Waals surface area contributed by atoms with Gasteiger partial charge in [0.05, 0.1) is 12.7 Å². The van der Waals surface area contributed by atoms with E-state index in [-0.39, 0.29) is 0 Å². The maximum Gasteiger partial charge on any atom is 0.336 e. The lowest BCUT2D eigenvalue weighted by Crippen LogP contribution is -1.99. The Morgan fingerprint density at radius 1 is 1.14 bits per heavy atom. The van der Waals surface area contributed by atoms with Crippen molar-refractivity contribution < 1.29 is 14.6 Å². The predicted molar refractivity (Wildman–Crippen MR) is 90.3 cm³/mol. The smallest absolute Gasteiger partial charge is 0.336 e. The molecule has 3 nitrogen and oxygen atoms in total. The summed E-state index contributed by atoms with van der Waals surface area (Å²) in [6.45, 7) is 0. The normalized spacial score (nSPS) is 11.6. The molecule has 0 spiro atoms. The van der Waals surface area contributed by atoms with E-state index in [0.717, 1.165) is 27.0 Å². The summed E-state index contributed by atoms with van der Waals surface area (Å²) in [4.78, 5) is 11.7. The van der Waals surface area contributed by atoms with Gasteiger partial charge in [-0.2, -0.15) is 0 Å². The second-order valence-corrected chi connectivity index (χ2v) is 5.69. The largest absolute Gasteiger partial charge is 0.497 e. The molecule has 0 radical (unpaired) electrons. The van der Waals surface area contributed by atoms with Gasteiger partial charge in [0.1, 0.15) is 5.75 Å². The lowest BCUT2D eigenvalue weighted by molar-refractivity contribution is -0.130. The fourth-order valence-corrected chi connectivity index (χ4v) is 3.27. The van der Waals surface area contributed by atoms with Crippen molar-refractivity contribution in [3.05, 3.63) is 65.0 Å². The van der Waals surface area contributed by atoms with Crippen molar-refractivity contribution in [2.24, 2.45) is 0 Å². The molecule has 0 unspecified atom stereocenters. The molecule has 22 heavy (non-hydrogen) atoms. The topological polar surface area (TPSA) is 46.5 Å². The van der Waals surface area contributed by atoms with Crippen molar-refractivity contribution in [3.63, 3.8) is 0 Å². The monoisotopic (exact) mass is 310 g/mol. The molecule has 0 amide bonds. The highest BCUT2D eigenvalue weighted by Gasteiger charge is 2.15. The zero-order valence-corrected chi connectivity index (χ0v) is 12.8. The molecule has 3 rings (SSSR count). The molecule has 0 saturated heterocycles. The number of carboxylic acid groups (broad SMARTS) is 1. The fourth-order valence-electron chi connectivity index (χ4n) is 2.31. The van der Waals surface area contributed by atoms with Crippen LogP contribution in [0.1, 0.15) is 11.1 Å². The van der Waals surface area contributed by atoms with Crippen LogP contribution in [0.2, 0.25) is 0 Å². The van der Waals surface area contributed by atoms with Gasteiger partial charge in [-0.3, -0.25) is 0 Å². The highest BCUT2D eigenvalue weighted by Crippen LogP contribution is 2.32. The molecule has 0 atom stereocenters. The minimum Gasteiger partial charge on any atom is -0.497 e. The van der Waals surface area contributed by atoms with E-state index < -0.39 is 5.97 Å². The highest BCUT2D eigenvalue weighted by atomic mass is 32.1. The average molecular weight is 310 g/mol. The number of benzene rings is 2. The Kier molecular flexibility index (Phi) is 3.94. The van der Waals surface area contributed by atoms with Crippen LogP contribution in [0.25, 0.3) is 21.7 Å². The summed E-state index contributed by atoms with van der Waals surface area (Å²) in [7, 11) is 1.60. The van der Waals surface area contributed by atoms with Crippen molar-refractivity contribution in [3.8, 4) is 5.75 Å². The Hall–Kier alpha value is -2.59. The molecule has 1 heterocycles. The van der Waals surface area contributed by atoms with Gasteiger partial charge in [0.15, 0.2) is 0 Å². The Balaban J connectivity index is 2.09. The summed E-state index contributed by atoms with van der Waals surface area (Å²) in [5, 5.41) is 12.4. The maximum atomic E-state index is 11.7. The predicted octanol–water partition coefficient (Wildman–Crippen LogP) is 4.54. The number of carbonyl (C=O) groups is 1. The van der Waals surface area contributed by atoms with E-state index in [4.69, 9.17) is 4.74 Å². The molecule has 0 aliphatic carbocycles. The van der Waals surface area contributed by atoms with Crippen molar-refractivity contribution in [1.29, 1.82) is 0 Å². The van der Waals surface area contributed by atoms with Gasteiger partial charge < -0.3 is 9.84 Å². The van der Waals surface area contributed by atoms with Crippen LogP contribution in [0.3, 0.4) is 0 Å². The number of rotatable bonds is 4. The zero-order chi connectivity index (χ0) is 15.5. The number of hydrogen-bond acceptors (Lipinski definition) is 3. The lowest BCUT2D eigenvalue weighted by Gasteiger charge is -2.03. The number of fused-ring (bicyclic) bond motifs is 1. The number of aliphatic carboxylic acids is 1. The van der Waals surface area contributed by atoms with E-state index in [1.807, 2.05) is 53.9 Å². The number of ether oxygens (including phenoxy) is 1. The molecule has 4 heteroatoms. The van der Waals surface area contributed by atoms with Crippen LogP contribution >= 0.6 is 11.3 Å². The van der Waals surface area contributed by atoms with E-state index in [9.17, 15) is 9.90 Å². The van der Waals surface area contributed by atoms with Gasteiger partial charge in [-0.1, -0.05) is 30.3 Å². The first-order valence-corrected chi connectivity index (χ1v) is 7.62. The quantitative estimate of drug-likeness (QED) is 0.720. The van der Waals surface area contributed by atoms with Crippen molar-refractivity contribution in [1.82, 2.24) is 0 Å². The minimum atomic E-state index is -0.931. The van der Waals surface area contributed by atoms with Crippen molar-refractivity contribution in [2.75, 3.05) is 7.11 Å². The molecular formula is C18H14O3S. The Morgan fingerprint density at radius 2 is 1.86 bits per heavy atom. The van der Waals surface area contributed by atoms with Crippen LogP contribution in [0.15, 0.2) is 53.9 Å². The molecular weight excluding hydrogens is 296 g/mol. The molecule has 0 aliphatic heterocycles. The summed E-state index contributed by atoms with van der Waals surface area (Å²) in [6, 6.07) is 15.1. The zero-order valence-electron chi connectivity index (χ0n) is 11.9. The summed E-state index contributed by atoms with van der Waals surface area (Å²) in [5.41, 5.74) is 1.88. The summed E-state index contributed by atoms with van der Waals surface area (Å²) >= 11 is 1.55. The van der Waals surface area contributed by atoms with Gasteiger partial charge in [-0.05, 0) is 29.8 Å². The van der Waals surface area contributed by atoms with E-state index in [2.05, 4.69) is 0 Å². The number of methoxy groups -OCH3 is 1. The first-order chi connectivity index (χ1) is 10.7. The molecule has 3 aromatic rings. The van der Waals surface area contributed by atoms with Crippen LogP contribution in [-0.4, -0.2) is 18.2 Å². The van der Waals surface area contributed by atoms with Gasteiger partial charge in [0.25, 0.3) is 0 Å². The van der Waals surface area contributed by atoms with Gasteiger partial charge in [-0.15, -0.1) is 11.3 Å². The number of thiophene rings is 1. The Bertz CT molecular complexity index is 844. The molecule has 0 fully saturated rings. The van der Waals surface area contributed by atoms with Gasteiger partial charge in [0.2, 0.25) is 0 Å². The van der Waals surface area contributed by atoms with Crippen LogP contribution in [-0.2, 0) is 4.79 Å². The third kappa shape index (κ3) is 2.73. The summed E-state index contributed by atoms with van der Waals surface area (Å²) in [5.74, 6) is -0.186. The molecule has 1 N–H and O–H groups in total. The van der Waals surface area contributed by atoms with Crippen molar-refractivity contribution in [2.45, 2.75) is 0 Å². The van der Waals surface area contributed by atoms with E-state index in [1.165, 1.54) is 0 Å². The number of carboxylic acids is 1. The molecule has 110 valence electrons. The van der Waals surface area contributed by atoms with E-state index >= 15 is 0 Å². The third-order valence-electron chi connectivity index (χ3n) is 3.43. The Labute approximate surface area is 132 Å². The van der Waals surface area contributed by atoms with Gasteiger partial charge in [-0.25, -0.2) is 4.79 Å². The van der Waals surface area contributed by atoms with Gasteiger partial charge >= 0.3 is 5.97 Å². The first-order valence-electron chi connectivity index (χ1n) is 6.74. The van der Waals surface area contributed by atoms with Crippen molar-refractivity contribution >= 4 is 39.0 Å². The van der Waals surface area contributed by atoms with Gasteiger partial charge in [0, 0.05) is 21.0 Å². The molecule has 2 aromatic carbocycles. The first kappa shape index (κ1) is 14.4. The second-order valence-electron chi connectivity index (χ2n) is 4.78. The van der Waals surface area contributed by atoms with Crippen LogP contribution in [0.5, 0.6) is 5.75 Å². The standard InChI is InChI=1S/C18H14O3S/c1-21-13-8-6-12(7-9-13)10-15(18(19)20)16-11-22-17-5-3-2-4-14(16)17/h2-11H,1H3,(H,19,20)/b15-10-. The van der Waals surface area contributed by atoms with Crippen LogP contribution in [0.4, 0.5) is 0 Å². The lowest BCUT2D eigenvalue weighted by atomic mass is 10.0. The average Bonchev–Trinajstić information content (AvgIpc) is 2.96. The maximum absolute atomic E-state index is 11.7. The molecule has 1 aromatic heterocycles. The summed E-state index contributed by atoms with van der Waals surface area (Å²) in [6.07, 6.45) is 1.69. The Morgan fingerprint density at radius 3 is 2.55 bits per heavy atom.